The molecule has 1 fully saturated rings. The maximum Gasteiger partial charge on any atom is 0.323 e. The molecule has 0 unspecified atom stereocenters. The highest BCUT2D eigenvalue weighted by Crippen LogP contribution is 2.14. The van der Waals surface area contributed by atoms with Gasteiger partial charge in [0.05, 0.1) is 9.82 Å². The first-order valence-electron chi connectivity index (χ1n) is 8.84. The predicted octanol–water partition coefficient (Wildman–Crippen LogP) is 2.63. The Morgan fingerprint density at radius 2 is 1.83 bits per heavy atom. The number of carbonyl (C=O) groups is 1. The summed E-state index contributed by atoms with van der Waals surface area (Å²) in [6.45, 7) is 2.83. The molecule has 0 radical (unpaired) electrons. The van der Waals surface area contributed by atoms with E-state index >= 15 is 0 Å². The van der Waals surface area contributed by atoms with E-state index in [2.05, 4.69) is 5.32 Å². The lowest BCUT2D eigenvalue weighted by Crippen LogP contribution is -2.32. The molecule has 9 nitrogen and oxygen atoms in total. The molecule has 0 aromatic heterocycles. The molecule has 3 rings (SSSR count). The molecule has 2 aromatic rings. The second kappa shape index (κ2) is 10.1. The van der Waals surface area contributed by atoms with E-state index < -0.39 is 15.0 Å². The van der Waals surface area contributed by atoms with Crippen LogP contribution in [0.2, 0.25) is 0 Å². The number of esters is 1. The smallest absolute Gasteiger partial charge is 0.323 e. The standard InChI is InChI=1S/C12H14N2O4.C7H8O3S/c15-12(11-2-1-7-13-11)18-8-9-3-5-10(6-4-9)14(16)17;1-6-2-4-7(5-3-6)11(8,9)10/h3-6,11,13H,1-2,7-8H2;2-5H,1H3,(H,8,9,10)/t11-;/m0./s1. The summed E-state index contributed by atoms with van der Waals surface area (Å²) in [5.74, 6) is -0.258. The van der Waals surface area contributed by atoms with Crippen molar-refractivity contribution in [3.63, 3.8) is 0 Å². The van der Waals surface area contributed by atoms with Gasteiger partial charge in [-0.1, -0.05) is 17.7 Å². The minimum atomic E-state index is -4.02. The van der Waals surface area contributed by atoms with E-state index in [-0.39, 0.29) is 29.2 Å². The minimum absolute atomic E-state index is 0.0301. The maximum atomic E-state index is 11.6. The molecule has 1 atom stereocenters. The van der Waals surface area contributed by atoms with Crippen LogP contribution in [0, 0.1) is 17.0 Å². The van der Waals surface area contributed by atoms with Crippen molar-refractivity contribution in [3.8, 4) is 0 Å². The average Bonchev–Trinajstić information content (AvgIpc) is 3.21. The van der Waals surface area contributed by atoms with Crippen LogP contribution in [0.25, 0.3) is 0 Å². The SMILES string of the molecule is Cc1ccc(S(=O)(=O)O)cc1.O=C(OCc1ccc([N+](=O)[O-])cc1)[C@@H]1CCCN1. The van der Waals surface area contributed by atoms with Crippen molar-refractivity contribution in [2.24, 2.45) is 0 Å². The van der Waals surface area contributed by atoms with Crippen molar-refractivity contribution < 1.29 is 27.4 Å². The van der Waals surface area contributed by atoms with Crippen LogP contribution in [0.5, 0.6) is 0 Å². The lowest BCUT2D eigenvalue weighted by molar-refractivity contribution is -0.384. The van der Waals surface area contributed by atoms with Gasteiger partial charge in [-0.25, -0.2) is 0 Å². The molecule has 1 aliphatic heterocycles. The number of nitro benzene ring substituents is 1. The Hall–Kier alpha value is -2.82. The highest BCUT2D eigenvalue weighted by atomic mass is 32.2. The summed E-state index contributed by atoms with van der Waals surface area (Å²) >= 11 is 0. The highest BCUT2D eigenvalue weighted by Gasteiger charge is 2.23. The predicted molar refractivity (Wildman–Crippen MR) is 105 cm³/mol. The molecular formula is C19H22N2O7S. The lowest BCUT2D eigenvalue weighted by atomic mass is 10.2. The Morgan fingerprint density at radius 3 is 2.31 bits per heavy atom. The molecule has 1 heterocycles. The zero-order valence-corrected chi connectivity index (χ0v) is 16.6. The first kappa shape index (κ1) is 22.5. The van der Waals surface area contributed by atoms with Crippen LogP contribution >= 0.6 is 0 Å². The normalized spacial score (nSPS) is 15.9. The molecule has 156 valence electrons. The Kier molecular flexibility index (Phi) is 7.82. The molecule has 29 heavy (non-hydrogen) atoms. The Bertz CT molecular complexity index is 936. The molecule has 0 spiro atoms. The minimum Gasteiger partial charge on any atom is -0.460 e. The third-order valence-electron chi connectivity index (χ3n) is 4.19. The van der Waals surface area contributed by atoms with Gasteiger partial charge in [-0.15, -0.1) is 0 Å². The summed E-state index contributed by atoms with van der Waals surface area (Å²) < 4.78 is 34.7. The van der Waals surface area contributed by atoms with E-state index in [1.165, 1.54) is 24.3 Å². The molecule has 2 N–H and O–H groups in total. The van der Waals surface area contributed by atoms with Crippen molar-refractivity contribution in [2.45, 2.75) is 37.3 Å². The molecule has 10 heteroatoms. The average molecular weight is 422 g/mol. The van der Waals surface area contributed by atoms with Gasteiger partial charge in [-0.2, -0.15) is 8.42 Å². The number of nitrogens with zero attached hydrogens (tertiary/aromatic N) is 1. The molecular weight excluding hydrogens is 400 g/mol. The molecule has 1 saturated heterocycles. The third-order valence-corrected chi connectivity index (χ3v) is 5.06. The lowest BCUT2D eigenvalue weighted by Gasteiger charge is -2.10. The van der Waals surface area contributed by atoms with Crippen molar-refractivity contribution in [1.82, 2.24) is 5.32 Å². The molecule has 0 bridgehead atoms. The van der Waals surface area contributed by atoms with Gasteiger partial charge in [-0.05, 0) is 56.1 Å². The maximum absolute atomic E-state index is 11.6. The first-order valence-corrected chi connectivity index (χ1v) is 10.3. The third kappa shape index (κ3) is 7.26. The number of ether oxygens (including phenoxy) is 1. The van der Waals surface area contributed by atoms with Crippen molar-refractivity contribution in [1.29, 1.82) is 0 Å². The second-order valence-corrected chi connectivity index (χ2v) is 7.89. The highest BCUT2D eigenvalue weighted by molar-refractivity contribution is 7.85. The van der Waals surface area contributed by atoms with E-state index in [0.717, 1.165) is 30.5 Å². The number of nitrogens with one attached hydrogen (secondary N) is 1. The number of nitro groups is 1. The summed E-state index contributed by atoms with van der Waals surface area (Å²) in [6, 6.07) is 11.8. The largest absolute Gasteiger partial charge is 0.460 e. The number of non-ortho nitro benzene ring substituents is 1. The fraction of sp³-hybridized carbons (Fsp3) is 0.316. The number of hydrogen-bond donors (Lipinski definition) is 2. The fourth-order valence-electron chi connectivity index (χ4n) is 2.56. The van der Waals surface area contributed by atoms with Crippen LogP contribution in [0.15, 0.2) is 53.4 Å². The number of hydrogen-bond acceptors (Lipinski definition) is 7. The summed E-state index contributed by atoms with van der Waals surface area (Å²) in [5.41, 5.74) is 1.73. The summed E-state index contributed by atoms with van der Waals surface area (Å²) in [7, 11) is -4.02. The van der Waals surface area contributed by atoms with Gasteiger partial charge in [0.15, 0.2) is 0 Å². The Balaban J connectivity index is 0.000000234. The summed E-state index contributed by atoms with van der Waals surface area (Å²) in [6.07, 6.45) is 1.79. The first-order chi connectivity index (χ1) is 13.7. The molecule has 0 aliphatic carbocycles. The number of carbonyl (C=O) groups excluding carboxylic acids is 1. The van der Waals surface area contributed by atoms with Gasteiger partial charge in [0.1, 0.15) is 12.6 Å². The van der Waals surface area contributed by atoms with Crippen molar-refractivity contribution in [3.05, 3.63) is 69.8 Å². The topological polar surface area (TPSA) is 136 Å². The van der Waals surface area contributed by atoms with Gasteiger partial charge in [0.25, 0.3) is 15.8 Å². The van der Waals surface area contributed by atoms with Gasteiger partial charge in [0.2, 0.25) is 0 Å². The van der Waals surface area contributed by atoms with E-state index in [1.54, 1.807) is 24.3 Å². The molecule has 1 aliphatic rings. The zero-order valence-electron chi connectivity index (χ0n) is 15.8. The van der Waals surface area contributed by atoms with Gasteiger partial charge < -0.3 is 10.1 Å². The number of benzene rings is 2. The van der Waals surface area contributed by atoms with E-state index in [0.29, 0.717) is 0 Å². The van der Waals surface area contributed by atoms with Gasteiger partial charge in [-0.3, -0.25) is 19.5 Å². The van der Waals surface area contributed by atoms with Crippen molar-refractivity contribution in [2.75, 3.05) is 6.54 Å². The van der Waals surface area contributed by atoms with E-state index in [4.69, 9.17) is 9.29 Å². The second-order valence-electron chi connectivity index (χ2n) is 6.47. The van der Waals surface area contributed by atoms with Crippen LogP contribution in [-0.4, -0.2) is 36.4 Å². The van der Waals surface area contributed by atoms with Gasteiger partial charge in [0, 0.05) is 12.1 Å². The van der Waals surface area contributed by atoms with Crippen LogP contribution in [0.4, 0.5) is 5.69 Å². The summed E-state index contributed by atoms with van der Waals surface area (Å²) in [5, 5.41) is 13.5. The Morgan fingerprint density at radius 1 is 1.21 bits per heavy atom. The van der Waals surface area contributed by atoms with Crippen LogP contribution in [0.3, 0.4) is 0 Å². The molecule has 2 aromatic carbocycles. The quantitative estimate of drug-likeness (QED) is 0.325. The Labute approximate surface area is 168 Å². The van der Waals surface area contributed by atoms with Crippen LogP contribution in [-0.2, 0) is 26.3 Å². The zero-order chi connectivity index (χ0) is 21.4. The van der Waals surface area contributed by atoms with Gasteiger partial charge >= 0.3 is 5.97 Å². The molecule has 0 saturated carbocycles. The van der Waals surface area contributed by atoms with E-state index in [1.807, 2.05) is 6.92 Å². The number of aryl methyl sites for hydroxylation is 1. The van der Waals surface area contributed by atoms with E-state index in [9.17, 15) is 23.3 Å². The number of rotatable bonds is 5. The monoisotopic (exact) mass is 422 g/mol. The van der Waals surface area contributed by atoms with Crippen molar-refractivity contribution >= 4 is 21.8 Å². The van der Waals surface area contributed by atoms with Crippen LogP contribution < -0.4 is 5.32 Å². The van der Waals surface area contributed by atoms with Crippen LogP contribution in [0.1, 0.15) is 24.0 Å². The summed E-state index contributed by atoms with van der Waals surface area (Å²) in [4.78, 5) is 21.5. The fourth-order valence-corrected chi connectivity index (χ4v) is 3.04. The molecule has 0 amide bonds.